The summed E-state index contributed by atoms with van der Waals surface area (Å²) in [5, 5.41) is 0. The van der Waals surface area contributed by atoms with Gasteiger partial charge < -0.3 is 19.8 Å². The molecular formula is C15H18N2O3. The maximum atomic E-state index is 11.8. The largest absolute Gasteiger partial charge is 0.497 e. The summed E-state index contributed by atoms with van der Waals surface area (Å²) in [5.41, 5.74) is 7.12. The van der Waals surface area contributed by atoms with E-state index in [0.29, 0.717) is 18.8 Å². The van der Waals surface area contributed by atoms with E-state index in [-0.39, 0.29) is 5.56 Å². The van der Waals surface area contributed by atoms with Crippen molar-refractivity contribution < 1.29 is 9.47 Å². The van der Waals surface area contributed by atoms with E-state index in [1.165, 1.54) is 6.07 Å². The number of rotatable bonds is 5. The number of nitrogens with zero attached hydrogens (tertiary/aromatic N) is 1. The highest BCUT2D eigenvalue weighted by Crippen LogP contribution is 2.16. The summed E-state index contributed by atoms with van der Waals surface area (Å²) in [6.45, 7) is 2.67. The van der Waals surface area contributed by atoms with Gasteiger partial charge in [0.2, 0.25) is 0 Å². The monoisotopic (exact) mass is 274 g/mol. The van der Waals surface area contributed by atoms with Crippen LogP contribution in [0.25, 0.3) is 0 Å². The number of anilines is 1. The molecular weight excluding hydrogens is 256 g/mol. The standard InChI is InChI=1S/C15H18N2O3/c1-11-9-15(18)17(10-14(11)16)7-8-20-13-5-3-12(19-2)4-6-13/h3-6,9-10H,7-8,16H2,1-2H3. The highest BCUT2D eigenvalue weighted by Gasteiger charge is 2.01. The summed E-state index contributed by atoms with van der Waals surface area (Å²) in [6.07, 6.45) is 1.65. The van der Waals surface area contributed by atoms with Gasteiger partial charge in [-0.3, -0.25) is 4.79 Å². The highest BCUT2D eigenvalue weighted by atomic mass is 16.5. The molecule has 0 aliphatic rings. The van der Waals surface area contributed by atoms with Crippen molar-refractivity contribution in [2.45, 2.75) is 13.5 Å². The molecule has 0 saturated carbocycles. The quantitative estimate of drug-likeness (QED) is 0.903. The number of hydrogen-bond acceptors (Lipinski definition) is 4. The number of hydrogen-bond donors (Lipinski definition) is 1. The molecule has 0 atom stereocenters. The van der Waals surface area contributed by atoms with E-state index < -0.39 is 0 Å². The number of nitrogen functional groups attached to an aromatic ring is 1. The average Bonchev–Trinajstić information content (AvgIpc) is 2.45. The minimum absolute atomic E-state index is 0.0740. The Labute approximate surface area is 117 Å². The number of aromatic nitrogens is 1. The molecule has 1 aromatic heterocycles. The SMILES string of the molecule is COc1ccc(OCCn2cc(N)c(C)cc2=O)cc1. The van der Waals surface area contributed by atoms with Crippen LogP contribution in [0.1, 0.15) is 5.56 Å². The predicted octanol–water partition coefficient (Wildman–Crippen LogP) is 1.83. The normalized spacial score (nSPS) is 10.3. The second-order valence-corrected chi connectivity index (χ2v) is 4.47. The van der Waals surface area contributed by atoms with Crippen LogP contribution in [0.15, 0.2) is 41.3 Å². The van der Waals surface area contributed by atoms with Gasteiger partial charge in [0.25, 0.3) is 5.56 Å². The minimum Gasteiger partial charge on any atom is -0.497 e. The third kappa shape index (κ3) is 3.32. The number of aryl methyl sites for hydroxylation is 1. The smallest absolute Gasteiger partial charge is 0.251 e. The molecule has 0 bridgehead atoms. The molecule has 20 heavy (non-hydrogen) atoms. The summed E-state index contributed by atoms with van der Waals surface area (Å²) in [7, 11) is 1.62. The first-order valence-electron chi connectivity index (χ1n) is 6.33. The van der Waals surface area contributed by atoms with Crippen molar-refractivity contribution in [3.8, 4) is 11.5 Å². The van der Waals surface area contributed by atoms with Gasteiger partial charge in [-0.1, -0.05) is 0 Å². The molecule has 0 aliphatic heterocycles. The Hall–Kier alpha value is -2.43. The summed E-state index contributed by atoms with van der Waals surface area (Å²) in [5.74, 6) is 1.51. The zero-order chi connectivity index (χ0) is 14.5. The molecule has 106 valence electrons. The first kappa shape index (κ1) is 14.0. The van der Waals surface area contributed by atoms with E-state index in [2.05, 4.69) is 0 Å². The number of methoxy groups -OCH3 is 1. The summed E-state index contributed by atoms with van der Waals surface area (Å²) < 4.78 is 12.2. The zero-order valence-corrected chi connectivity index (χ0v) is 11.6. The van der Waals surface area contributed by atoms with E-state index in [9.17, 15) is 4.79 Å². The Kier molecular flexibility index (Phi) is 4.30. The van der Waals surface area contributed by atoms with Crippen LogP contribution in [0.5, 0.6) is 11.5 Å². The van der Waals surface area contributed by atoms with Crippen LogP contribution >= 0.6 is 0 Å². The van der Waals surface area contributed by atoms with Crippen LogP contribution < -0.4 is 20.8 Å². The van der Waals surface area contributed by atoms with Crippen molar-refractivity contribution in [3.63, 3.8) is 0 Å². The van der Waals surface area contributed by atoms with Crippen molar-refractivity contribution in [1.29, 1.82) is 0 Å². The van der Waals surface area contributed by atoms with Crippen LogP contribution in [0, 0.1) is 6.92 Å². The zero-order valence-electron chi connectivity index (χ0n) is 11.6. The first-order chi connectivity index (χ1) is 9.60. The molecule has 2 rings (SSSR count). The fourth-order valence-electron chi connectivity index (χ4n) is 1.79. The molecule has 0 radical (unpaired) electrons. The fraction of sp³-hybridized carbons (Fsp3) is 0.267. The number of ether oxygens (including phenoxy) is 2. The van der Waals surface area contributed by atoms with Crippen LogP contribution in [0.3, 0.4) is 0 Å². The molecule has 1 heterocycles. The van der Waals surface area contributed by atoms with E-state index in [1.807, 2.05) is 31.2 Å². The fourth-order valence-corrected chi connectivity index (χ4v) is 1.79. The van der Waals surface area contributed by atoms with Crippen LogP contribution in [-0.4, -0.2) is 18.3 Å². The molecule has 1 aromatic carbocycles. The molecule has 2 aromatic rings. The third-order valence-corrected chi connectivity index (χ3v) is 3.03. The lowest BCUT2D eigenvalue weighted by Gasteiger charge is -2.10. The van der Waals surface area contributed by atoms with Crippen molar-refractivity contribution in [3.05, 3.63) is 52.4 Å². The summed E-state index contributed by atoms with van der Waals surface area (Å²) in [6, 6.07) is 8.83. The van der Waals surface area contributed by atoms with Gasteiger partial charge in [-0.05, 0) is 36.8 Å². The van der Waals surface area contributed by atoms with Crippen LogP contribution in [0.4, 0.5) is 5.69 Å². The Bertz CT molecular complexity index is 633. The second kappa shape index (κ2) is 6.14. The van der Waals surface area contributed by atoms with E-state index >= 15 is 0 Å². The van der Waals surface area contributed by atoms with Crippen molar-refractivity contribution in [1.82, 2.24) is 4.57 Å². The van der Waals surface area contributed by atoms with Crippen molar-refractivity contribution in [2.75, 3.05) is 19.5 Å². The predicted molar refractivity (Wildman–Crippen MR) is 78.3 cm³/mol. The minimum atomic E-state index is -0.0740. The molecule has 2 N–H and O–H groups in total. The lowest BCUT2D eigenvalue weighted by atomic mass is 10.2. The average molecular weight is 274 g/mol. The van der Waals surface area contributed by atoms with Gasteiger partial charge in [0.15, 0.2) is 0 Å². The van der Waals surface area contributed by atoms with Gasteiger partial charge in [0, 0.05) is 12.3 Å². The van der Waals surface area contributed by atoms with Gasteiger partial charge in [0.1, 0.15) is 18.1 Å². The van der Waals surface area contributed by atoms with E-state index in [0.717, 1.165) is 17.1 Å². The molecule has 0 fully saturated rings. The maximum Gasteiger partial charge on any atom is 0.251 e. The number of benzene rings is 1. The topological polar surface area (TPSA) is 66.5 Å². The van der Waals surface area contributed by atoms with Gasteiger partial charge in [-0.25, -0.2) is 0 Å². The third-order valence-electron chi connectivity index (χ3n) is 3.03. The summed E-state index contributed by atoms with van der Waals surface area (Å²) in [4.78, 5) is 11.8. The molecule has 0 amide bonds. The molecule has 5 nitrogen and oxygen atoms in total. The lowest BCUT2D eigenvalue weighted by molar-refractivity contribution is 0.296. The van der Waals surface area contributed by atoms with Crippen molar-refractivity contribution >= 4 is 5.69 Å². The van der Waals surface area contributed by atoms with Crippen LogP contribution in [-0.2, 0) is 6.54 Å². The first-order valence-corrected chi connectivity index (χ1v) is 6.33. The second-order valence-electron chi connectivity index (χ2n) is 4.47. The maximum absolute atomic E-state index is 11.8. The van der Waals surface area contributed by atoms with Gasteiger partial charge in [-0.2, -0.15) is 0 Å². The lowest BCUT2D eigenvalue weighted by Crippen LogP contribution is -2.23. The number of nitrogens with two attached hydrogens (primary N) is 1. The Morgan fingerprint density at radius 1 is 1.20 bits per heavy atom. The van der Waals surface area contributed by atoms with Crippen molar-refractivity contribution in [2.24, 2.45) is 0 Å². The molecule has 0 unspecified atom stereocenters. The van der Waals surface area contributed by atoms with Crippen LogP contribution in [0.2, 0.25) is 0 Å². The Morgan fingerprint density at radius 3 is 2.50 bits per heavy atom. The molecule has 5 heteroatoms. The highest BCUT2D eigenvalue weighted by molar-refractivity contribution is 5.42. The van der Waals surface area contributed by atoms with E-state index in [4.69, 9.17) is 15.2 Å². The Balaban J connectivity index is 1.95. The molecule has 0 saturated heterocycles. The molecule has 0 spiro atoms. The Morgan fingerprint density at radius 2 is 1.85 bits per heavy atom. The van der Waals surface area contributed by atoms with Gasteiger partial charge in [0.05, 0.1) is 19.3 Å². The summed E-state index contributed by atoms with van der Waals surface area (Å²) >= 11 is 0. The molecule has 0 aliphatic carbocycles. The van der Waals surface area contributed by atoms with Gasteiger partial charge in [-0.15, -0.1) is 0 Å². The van der Waals surface area contributed by atoms with E-state index in [1.54, 1.807) is 17.9 Å². The number of pyridine rings is 1. The van der Waals surface area contributed by atoms with Gasteiger partial charge >= 0.3 is 0 Å².